The topological polar surface area (TPSA) is 95.1 Å². The number of nitrogen functional groups attached to an aromatic ring is 1. The zero-order chi connectivity index (χ0) is 25.5. The molecule has 0 saturated carbocycles. The smallest absolute Gasteiger partial charge is 0.220 e. The molecule has 186 valence electrons. The second-order valence-corrected chi connectivity index (χ2v) is 8.83. The molecular weight excluding hydrogens is 492 g/mol. The third-order valence-electron chi connectivity index (χ3n) is 5.46. The van der Waals surface area contributed by atoms with Crippen LogP contribution in [0.4, 0.5) is 10.2 Å². The van der Waals surface area contributed by atoms with Gasteiger partial charge in [-0.15, -0.1) is 0 Å². The number of ether oxygens (including phenoxy) is 1. The fraction of sp³-hybridized carbons (Fsp3) is 0.320. The number of aromatic nitrogens is 3. The van der Waals surface area contributed by atoms with Crippen LogP contribution in [0.25, 0.3) is 11.1 Å². The Morgan fingerprint density at radius 3 is 2.69 bits per heavy atom. The van der Waals surface area contributed by atoms with Crippen LogP contribution in [-0.4, -0.2) is 26.7 Å². The van der Waals surface area contributed by atoms with Gasteiger partial charge in [0.15, 0.2) is 11.6 Å². The van der Waals surface area contributed by atoms with Gasteiger partial charge >= 0.3 is 0 Å². The molecule has 2 atom stereocenters. The normalized spacial score (nSPS) is 16.1. The van der Waals surface area contributed by atoms with E-state index in [0.717, 1.165) is 17.5 Å². The molecule has 2 aromatic heterocycles. The minimum atomic E-state index is -0.663. The summed E-state index contributed by atoms with van der Waals surface area (Å²) in [4.78, 5) is 15.6. The van der Waals surface area contributed by atoms with Crippen LogP contribution in [0.3, 0.4) is 0 Å². The summed E-state index contributed by atoms with van der Waals surface area (Å²) < 4.78 is 21.6. The molecule has 1 aromatic carbocycles. The summed E-state index contributed by atoms with van der Waals surface area (Å²) in [5.41, 5.74) is 7.88. The third-order valence-corrected chi connectivity index (χ3v) is 6.18. The summed E-state index contributed by atoms with van der Waals surface area (Å²) in [5.74, 6) is -0.0192. The molecule has 7 nitrogen and oxygen atoms in total. The van der Waals surface area contributed by atoms with Crippen molar-refractivity contribution in [2.24, 2.45) is 0 Å². The van der Waals surface area contributed by atoms with Gasteiger partial charge in [0.2, 0.25) is 5.91 Å². The summed E-state index contributed by atoms with van der Waals surface area (Å²) in [6, 6.07) is 4.44. The van der Waals surface area contributed by atoms with Crippen molar-refractivity contribution in [1.29, 1.82) is 0 Å². The lowest BCUT2D eigenvalue weighted by atomic mass is 10.1. The summed E-state index contributed by atoms with van der Waals surface area (Å²) in [5, 5.41) is 7.48. The molecular formula is C25H28Cl2FN5O2. The van der Waals surface area contributed by atoms with Crippen molar-refractivity contribution in [3.8, 4) is 16.9 Å². The first kappa shape index (κ1) is 26.5. The number of allylic oxidation sites excluding steroid dienone is 2. The number of nitrogens with two attached hydrogens (primary N) is 1. The van der Waals surface area contributed by atoms with E-state index >= 15 is 0 Å². The van der Waals surface area contributed by atoms with Gasteiger partial charge in [-0.3, -0.25) is 9.48 Å². The number of halogens is 3. The van der Waals surface area contributed by atoms with E-state index in [1.165, 1.54) is 12.1 Å². The van der Waals surface area contributed by atoms with Gasteiger partial charge in [0.1, 0.15) is 11.9 Å². The molecule has 0 aliphatic carbocycles. The molecule has 3 heterocycles. The second kappa shape index (κ2) is 12.0. The standard InChI is InChI=1S/C21H20Cl2FN5O2.C4H8/c1-11(19-15(22)3-4-16(24)20(19)23)31-17-6-12(7-26-21(17)25)13-8-27-29(9-13)10-14-2-5-18(30)28-14;1-3-4-2/h3-4,6-9,11,14H,2,5,10H2,1H3,(H2,25,26)(H,28,30);3-4H,1-2H3/b;4-3-/t11?,14-;/m1./s1. The predicted octanol–water partition coefficient (Wildman–Crippen LogP) is 5.97. The van der Waals surface area contributed by atoms with E-state index in [2.05, 4.69) is 15.4 Å². The Hall–Kier alpha value is -3.10. The van der Waals surface area contributed by atoms with E-state index in [-0.39, 0.29) is 22.8 Å². The molecule has 0 radical (unpaired) electrons. The van der Waals surface area contributed by atoms with Gasteiger partial charge in [-0.05, 0) is 45.4 Å². The lowest BCUT2D eigenvalue weighted by Crippen LogP contribution is -2.29. The van der Waals surface area contributed by atoms with Crippen LogP contribution in [0.15, 0.2) is 48.9 Å². The Morgan fingerprint density at radius 2 is 2.03 bits per heavy atom. The second-order valence-electron chi connectivity index (χ2n) is 8.05. The summed E-state index contributed by atoms with van der Waals surface area (Å²) in [7, 11) is 0. The highest BCUT2D eigenvalue weighted by Gasteiger charge is 2.22. The fourth-order valence-electron chi connectivity index (χ4n) is 3.52. The van der Waals surface area contributed by atoms with E-state index in [1.807, 2.05) is 32.2 Å². The van der Waals surface area contributed by atoms with Gasteiger partial charge in [0.25, 0.3) is 0 Å². The van der Waals surface area contributed by atoms with Gasteiger partial charge in [-0.2, -0.15) is 5.10 Å². The first-order valence-corrected chi connectivity index (χ1v) is 11.9. The number of hydrogen-bond donors (Lipinski definition) is 2. The van der Waals surface area contributed by atoms with Crippen LogP contribution in [0.2, 0.25) is 10.0 Å². The number of rotatable bonds is 6. The number of carbonyl (C=O) groups is 1. The highest BCUT2D eigenvalue weighted by molar-refractivity contribution is 6.36. The number of anilines is 1. The molecule has 35 heavy (non-hydrogen) atoms. The van der Waals surface area contributed by atoms with Crippen molar-refractivity contribution < 1.29 is 13.9 Å². The van der Waals surface area contributed by atoms with E-state index in [1.54, 1.807) is 30.1 Å². The van der Waals surface area contributed by atoms with E-state index in [9.17, 15) is 9.18 Å². The maximum absolute atomic E-state index is 13.9. The first-order valence-electron chi connectivity index (χ1n) is 11.2. The number of hydrogen-bond acceptors (Lipinski definition) is 5. The number of pyridine rings is 1. The highest BCUT2D eigenvalue weighted by Crippen LogP contribution is 2.36. The van der Waals surface area contributed by atoms with Crippen LogP contribution in [-0.2, 0) is 11.3 Å². The van der Waals surface area contributed by atoms with Crippen LogP contribution >= 0.6 is 23.2 Å². The van der Waals surface area contributed by atoms with Crippen molar-refractivity contribution in [3.05, 3.63) is 70.4 Å². The van der Waals surface area contributed by atoms with Gasteiger partial charge in [-0.1, -0.05) is 35.4 Å². The average molecular weight is 520 g/mol. The Kier molecular flexibility index (Phi) is 9.12. The fourth-order valence-corrected chi connectivity index (χ4v) is 4.20. The monoisotopic (exact) mass is 519 g/mol. The van der Waals surface area contributed by atoms with Crippen LogP contribution in [0, 0.1) is 5.82 Å². The van der Waals surface area contributed by atoms with E-state index in [0.29, 0.717) is 29.3 Å². The summed E-state index contributed by atoms with van der Waals surface area (Å²) in [6.07, 6.45) is 9.86. The molecule has 0 spiro atoms. The summed E-state index contributed by atoms with van der Waals surface area (Å²) in [6.45, 7) is 6.29. The number of amides is 1. The Labute approximate surface area is 214 Å². The van der Waals surface area contributed by atoms with E-state index in [4.69, 9.17) is 33.7 Å². The zero-order valence-corrected chi connectivity index (χ0v) is 21.3. The van der Waals surface area contributed by atoms with Crippen LogP contribution in [0.5, 0.6) is 5.75 Å². The largest absolute Gasteiger partial charge is 0.482 e. The minimum Gasteiger partial charge on any atom is -0.482 e. The quantitative estimate of drug-likeness (QED) is 0.308. The van der Waals surface area contributed by atoms with Crippen molar-refractivity contribution >= 4 is 34.9 Å². The molecule has 4 rings (SSSR count). The third kappa shape index (κ3) is 6.74. The number of benzene rings is 1. The zero-order valence-electron chi connectivity index (χ0n) is 19.8. The van der Waals surface area contributed by atoms with Crippen LogP contribution < -0.4 is 15.8 Å². The van der Waals surface area contributed by atoms with E-state index < -0.39 is 11.9 Å². The minimum absolute atomic E-state index is 0.0644. The molecule has 3 aromatic rings. The van der Waals surface area contributed by atoms with Crippen molar-refractivity contribution in [3.63, 3.8) is 0 Å². The lowest BCUT2D eigenvalue weighted by Gasteiger charge is -2.19. The Morgan fingerprint density at radius 1 is 1.29 bits per heavy atom. The highest BCUT2D eigenvalue weighted by atomic mass is 35.5. The maximum Gasteiger partial charge on any atom is 0.220 e. The molecule has 1 saturated heterocycles. The molecule has 1 amide bonds. The van der Waals surface area contributed by atoms with Gasteiger partial charge in [0.05, 0.1) is 17.8 Å². The Balaban J connectivity index is 0.000000795. The molecule has 3 N–H and O–H groups in total. The van der Waals surface area contributed by atoms with Crippen molar-refractivity contribution in [2.75, 3.05) is 5.73 Å². The predicted molar refractivity (Wildman–Crippen MR) is 137 cm³/mol. The number of nitrogens with zero attached hydrogens (tertiary/aromatic N) is 3. The summed E-state index contributed by atoms with van der Waals surface area (Å²) >= 11 is 12.3. The van der Waals surface area contributed by atoms with Crippen molar-refractivity contribution in [1.82, 2.24) is 20.1 Å². The first-order chi connectivity index (χ1) is 16.7. The van der Waals surface area contributed by atoms with Crippen molar-refractivity contribution in [2.45, 2.75) is 52.3 Å². The molecule has 10 heteroatoms. The Bertz CT molecular complexity index is 1210. The maximum atomic E-state index is 13.9. The average Bonchev–Trinajstić information content (AvgIpc) is 3.47. The molecule has 1 unspecified atom stereocenters. The lowest BCUT2D eigenvalue weighted by molar-refractivity contribution is -0.119. The van der Waals surface area contributed by atoms with Gasteiger partial charge in [-0.25, -0.2) is 9.37 Å². The molecule has 1 aliphatic rings. The SMILES string of the molecule is C/C=C\C.CC(Oc1cc(-c2cnn(C[C@H]3CCC(=O)N3)c2)cnc1N)c1c(Cl)ccc(F)c1Cl. The molecule has 0 bridgehead atoms. The van der Waals surface area contributed by atoms with Crippen LogP contribution in [0.1, 0.15) is 45.3 Å². The number of nitrogens with one attached hydrogen (secondary N) is 1. The number of carbonyl (C=O) groups excluding carboxylic acids is 1. The van der Waals surface area contributed by atoms with Gasteiger partial charge < -0.3 is 15.8 Å². The van der Waals surface area contributed by atoms with Gasteiger partial charge in [0, 0.05) is 46.6 Å². The molecule has 1 aliphatic heterocycles. The molecule has 1 fully saturated rings.